The Labute approximate surface area is 121 Å². The number of carbonyl (C=O) groups excluding carboxylic acids is 1. The average Bonchev–Trinajstić information content (AvgIpc) is 2.77. The van der Waals surface area contributed by atoms with Gasteiger partial charge in [0, 0.05) is 6.20 Å². The molecule has 0 aliphatic carbocycles. The molecule has 0 spiro atoms. The van der Waals surface area contributed by atoms with Gasteiger partial charge in [-0.3, -0.25) is 4.90 Å². The van der Waals surface area contributed by atoms with Crippen molar-refractivity contribution in [1.29, 1.82) is 0 Å². The van der Waals surface area contributed by atoms with E-state index in [0.717, 1.165) is 0 Å². The van der Waals surface area contributed by atoms with Gasteiger partial charge < -0.3 is 35.8 Å². The lowest BCUT2D eigenvalue weighted by molar-refractivity contribution is -0.0726. The van der Waals surface area contributed by atoms with Gasteiger partial charge in [-0.05, 0) is 12.5 Å². The second-order valence-electron chi connectivity index (χ2n) is 4.70. The van der Waals surface area contributed by atoms with Crippen molar-refractivity contribution < 1.29 is 29.6 Å². The molecule has 3 atom stereocenters. The highest BCUT2D eigenvalue weighted by Crippen LogP contribution is 2.30. The zero-order valence-electron chi connectivity index (χ0n) is 11.5. The van der Waals surface area contributed by atoms with Gasteiger partial charge in [0.2, 0.25) is 6.23 Å². The Balaban J connectivity index is 2.23. The highest BCUT2D eigenvalue weighted by Gasteiger charge is 2.44. The van der Waals surface area contributed by atoms with Crippen molar-refractivity contribution in [3.8, 4) is 0 Å². The molecule has 2 aliphatic rings. The fourth-order valence-electron chi connectivity index (χ4n) is 2.09. The van der Waals surface area contributed by atoms with Crippen LogP contribution < -0.4 is 11.1 Å². The number of aliphatic hydroxyl groups excluding tert-OH is 3. The number of amides is 2. The van der Waals surface area contributed by atoms with Gasteiger partial charge >= 0.3 is 6.03 Å². The normalized spacial score (nSPS) is 29.3. The third-order valence-corrected chi connectivity index (χ3v) is 3.23. The molecule has 0 aromatic rings. The van der Waals surface area contributed by atoms with Crippen molar-refractivity contribution in [2.75, 3.05) is 19.8 Å². The van der Waals surface area contributed by atoms with Crippen LogP contribution >= 0.6 is 0 Å². The van der Waals surface area contributed by atoms with Gasteiger partial charge in [-0.1, -0.05) is 0 Å². The van der Waals surface area contributed by atoms with Crippen LogP contribution in [-0.4, -0.2) is 64.6 Å². The summed E-state index contributed by atoms with van der Waals surface area (Å²) in [6.07, 6.45) is -1.08. The molecule has 0 saturated carbocycles. The summed E-state index contributed by atoms with van der Waals surface area (Å²) in [5.41, 5.74) is 6.38. The summed E-state index contributed by atoms with van der Waals surface area (Å²) in [7, 11) is 0. The van der Waals surface area contributed by atoms with Gasteiger partial charge in [0.25, 0.3) is 0 Å². The molecule has 21 heavy (non-hydrogen) atoms. The number of rotatable bonds is 5. The van der Waals surface area contributed by atoms with E-state index in [0.29, 0.717) is 5.57 Å². The summed E-state index contributed by atoms with van der Waals surface area (Å²) in [5, 5.41) is 30.5. The summed E-state index contributed by atoms with van der Waals surface area (Å²) in [5.74, 6) is -0.374. The number of nitrogens with one attached hydrogen (secondary N) is 1. The first kappa shape index (κ1) is 15.6. The Morgan fingerprint density at radius 2 is 2.24 bits per heavy atom. The van der Waals surface area contributed by atoms with E-state index in [1.165, 1.54) is 11.1 Å². The maximum absolute atomic E-state index is 12.0. The lowest BCUT2D eigenvalue weighted by Gasteiger charge is -2.34. The van der Waals surface area contributed by atoms with Crippen molar-refractivity contribution in [2.45, 2.75) is 25.4 Å². The summed E-state index contributed by atoms with van der Waals surface area (Å²) < 4.78 is 10.7. The van der Waals surface area contributed by atoms with Gasteiger partial charge in [-0.25, -0.2) is 4.79 Å². The van der Waals surface area contributed by atoms with Crippen molar-refractivity contribution in [3.05, 3.63) is 23.3 Å². The van der Waals surface area contributed by atoms with E-state index in [2.05, 4.69) is 5.32 Å². The van der Waals surface area contributed by atoms with Crippen LogP contribution in [-0.2, 0) is 9.47 Å². The highest BCUT2D eigenvalue weighted by molar-refractivity contribution is 5.78. The van der Waals surface area contributed by atoms with Crippen molar-refractivity contribution in [1.82, 2.24) is 10.2 Å². The molecule has 0 radical (unpaired) electrons. The predicted octanol–water partition coefficient (Wildman–Crippen LogP) is -1.30. The Bertz CT molecular complexity index is 478. The standard InChI is InChI=1S/C12H19N3O6/c1-6-4-15(12(19)14-10(6)13)11-9(20-3-2-16)8(18)7(5-17)21-11/h4,9-11,16-18H,2-3,5,13H2,1H3,(H,14,19)/t9?,10?,11-/m1/s1. The summed E-state index contributed by atoms with van der Waals surface area (Å²) in [4.78, 5) is 13.2. The monoisotopic (exact) mass is 301 g/mol. The van der Waals surface area contributed by atoms with Crippen molar-refractivity contribution in [2.24, 2.45) is 5.73 Å². The van der Waals surface area contributed by atoms with Gasteiger partial charge in [-0.2, -0.15) is 0 Å². The van der Waals surface area contributed by atoms with Gasteiger partial charge in [-0.15, -0.1) is 0 Å². The maximum atomic E-state index is 12.0. The molecule has 6 N–H and O–H groups in total. The topological polar surface area (TPSA) is 138 Å². The summed E-state index contributed by atoms with van der Waals surface area (Å²) in [6.45, 7) is 0.900. The van der Waals surface area contributed by atoms with Gasteiger partial charge in [0.05, 0.1) is 13.2 Å². The minimum atomic E-state index is -0.997. The second-order valence-corrected chi connectivity index (χ2v) is 4.70. The van der Waals surface area contributed by atoms with Crippen LogP contribution in [0.4, 0.5) is 4.79 Å². The molecule has 2 unspecified atom stereocenters. The van der Waals surface area contributed by atoms with E-state index in [1.54, 1.807) is 6.92 Å². The molecule has 118 valence electrons. The molecular formula is C12H19N3O6. The molecule has 0 saturated heterocycles. The number of carbonyl (C=O) groups is 1. The van der Waals surface area contributed by atoms with E-state index in [4.69, 9.17) is 25.4 Å². The molecule has 9 nitrogen and oxygen atoms in total. The number of ether oxygens (including phenoxy) is 2. The number of aliphatic hydroxyl groups is 3. The molecule has 0 aromatic heterocycles. The molecule has 2 heterocycles. The lowest BCUT2D eigenvalue weighted by atomic mass is 10.2. The van der Waals surface area contributed by atoms with Crippen molar-refractivity contribution in [3.63, 3.8) is 0 Å². The smallest absolute Gasteiger partial charge is 0.325 e. The zero-order valence-corrected chi connectivity index (χ0v) is 11.5. The van der Waals surface area contributed by atoms with Gasteiger partial charge in [0.15, 0.2) is 17.6 Å². The predicted molar refractivity (Wildman–Crippen MR) is 70.5 cm³/mol. The minimum Gasteiger partial charge on any atom is -0.506 e. The number of hydrogen-bond acceptors (Lipinski definition) is 7. The Morgan fingerprint density at radius 1 is 1.52 bits per heavy atom. The van der Waals surface area contributed by atoms with Crippen LogP contribution in [0.2, 0.25) is 0 Å². The SMILES string of the molecule is CC1=CN([C@@H]2OC(CO)=C(O)C2OCCO)C(=O)NC1N. The van der Waals surface area contributed by atoms with Gasteiger partial charge in [0.1, 0.15) is 12.8 Å². The molecule has 2 amide bonds. The molecule has 0 bridgehead atoms. The van der Waals surface area contributed by atoms with E-state index in [-0.39, 0.29) is 24.7 Å². The van der Waals surface area contributed by atoms with Crippen LogP contribution in [0.25, 0.3) is 0 Å². The van der Waals surface area contributed by atoms with Crippen molar-refractivity contribution >= 4 is 6.03 Å². The van der Waals surface area contributed by atoms with Crippen LogP contribution in [0.15, 0.2) is 23.3 Å². The van der Waals surface area contributed by atoms with Crippen LogP contribution in [0.1, 0.15) is 6.92 Å². The minimum absolute atomic E-state index is 0.0506. The second kappa shape index (κ2) is 6.31. The van der Waals surface area contributed by atoms with E-state index >= 15 is 0 Å². The molecule has 0 aromatic carbocycles. The van der Waals surface area contributed by atoms with Crippen LogP contribution in [0.5, 0.6) is 0 Å². The van der Waals surface area contributed by atoms with E-state index in [1.807, 2.05) is 0 Å². The maximum Gasteiger partial charge on any atom is 0.325 e. The first-order valence-corrected chi connectivity index (χ1v) is 6.44. The largest absolute Gasteiger partial charge is 0.506 e. The number of nitrogens with two attached hydrogens (primary N) is 1. The Hall–Kier alpha value is -1.81. The molecule has 9 heteroatoms. The zero-order chi connectivity index (χ0) is 15.6. The quantitative estimate of drug-likeness (QED) is 0.425. The number of hydrogen-bond donors (Lipinski definition) is 5. The van der Waals surface area contributed by atoms with E-state index in [9.17, 15) is 9.90 Å². The third-order valence-electron chi connectivity index (χ3n) is 3.23. The molecule has 0 fully saturated rings. The fourth-order valence-corrected chi connectivity index (χ4v) is 2.09. The van der Waals surface area contributed by atoms with Crippen LogP contribution in [0, 0.1) is 0 Å². The number of nitrogens with zero attached hydrogens (tertiary/aromatic N) is 1. The van der Waals surface area contributed by atoms with Crippen LogP contribution in [0.3, 0.4) is 0 Å². The Kier molecular flexibility index (Phi) is 4.68. The molecule has 2 aliphatic heterocycles. The molecular weight excluding hydrogens is 282 g/mol. The Morgan fingerprint density at radius 3 is 2.86 bits per heavy atom. The van der Waals surface area contributed by atoms with E-state index < -0.39 is 31.1 Å². The molecule has 2 rings (SSSR count). The fraction of sp³-hybridized carbons (Fsp3) is 0.583. The third kappa shape index (κ3) is 2.95. The lowest BCUT2D eigenvalue weighted by Crippen LogP contribution is -2.56. The summed E-state index contributed by atoms with van der Waals surface area (Å²) in [6, 6.07) is -0.511. The first-order chi connectivity index (χ1) is 9.99. The average molecular weight is 301 g/mol. The first-order valence-electron chi connectivity index (χ1n) is 6.44. The number of urea groups is 1. The highest BCUT2D eigenvalue weighted by atomic mass is 16.6. The summed E-state index contributed by atoms with van der Waals surface area (Å²) >= 11 is 0.